The van der Waals surface area contributed by atoms with E-state index >= 15 is 0 Å². The summed E-state index contributed by atoms with van der Waals surface area (Å²) < 4.78 is 16.3. The van der Waals surface area contributed by atoms with Crippen LogP contribution in [0.1, 0.15) is 31.0 Å². The molecule has 36 heavy (non-hydrogen) atoms. The molecule has 0 radical (unpaired) electrons. The van der Waals surface area contributed by atoms with Crippen molar-refractivity contribution in [2.75, 3.05) is 47.0 Å². The lowest BCUT2D eigenvalue weighted by Gasteiger charge is -2.28. The van der Waals surface area contributed by atoms with Gasteiger partial charge in [0.2, 0.25) is 0 Å². The average molecular weight is 495 g/mol. The molecule has 8 nitrogen and oxygen atoms in total. The summed E-state index contributed by atoms with van der Waals surface area (Å²) in [6.45, 7) is 10.6. The first kappa shape index (κ1) is 26.8. The van der Waals surface area contributed by atoms with Gasteiger partial charge in [0, 0.05) is 18.7 Å². The lowest BCUT2D eigenvalue weighted by molar-refractivity contribution is -0.140. The molecule has 8 heteroatoms. The molecule has 1 atom stereocenters. The monoisotopic (exact) mass is 494 g/mol. The van der Waals surface area contributed by atoms with E-state index in [1.807, 2.05) is 13.8 Å². The van der Waals surface area contributed by atoms with Crippen LogP contribution in [0.3, 0.4) is 0 Å². The molecule has 192 valence electrons. The lowest BCUT2D eigenvalue weighted by Crippen LogP contribution is -2.38. The number of nitrogens with zero attached hydrogens (tertiary/aromatic N) is 2. The molecule has 1 N–H and O–H groups in total. The van der Waals surface area contributed by atoms with Crippen LogP contribution in [-0.2, 0) is 9.59 Å². The minimum atomic E-state index is -0.780. The Hall–Kier alpha value is -3.78. The Morgan fingerprint density at radius 1 is 1.06 bits per heavy atom. The zero-order chi connectivity index (χ0) is 26.2. The van der Waals surface area contributed by atoms with E-state index in [1.54, 1.807) is 48.5 Å². The van der Waals surface area contributed by atoms with Gasteiger partial charge in [-0.1, -0.05) is 32.6 Å². The molecule has 0 spiro atoms. The Bertz CT molecular complexity index is 1120. The Morgan fingerprint density at radius 2 is 1.72 bits per heavy atom. The fourth-order valence-corrected chi connectivity index (χ4v) is 4.29. The van der Waals surface area contributed by atoms with Crippen LogP contribution in [0.4, 0.5) is 0 Å². The Labute approximate surface area is 212 Å². The summed E-state index contributed by atoms with van der Waals surface area (Å²) in [5.74, 6) is -0.0194. The van der Waals surface area contributed by atoms with Gasteiger partial charge < -0.3 is 29.1 Å². The summed E-state index contributed by atoms with van der Waals surface area (Å²) in [6.07, 6.45) is 1.64. The third-order valence-corrected chi connectivity index (χ3v) is 6.31. The number of benzene rings is 2. The number of carbonyl (C=O) groups is 2. The van der Waals surface area contributed by atoms with Crippen LogP contribution >= 0.6 is 0 Å². The molecule has 1 heterocycles. The number of carbonyl (C=O) groups excluding carboxylic acids is 2. The van der Waals surface area contributed by atoms with Gasteiger partial charge in [0.05, 0.1) is 25.8 Å². The van der Waals surface area contributed by atoms with Crippen molar-refractivity contribution in [3.63, 3.8) is 0 Å². The van der Waals surface area contributed by atoms with E-state index in [-0.39, 0.29) is 11.3 Å². The number of aliphatic hydroxyl groups is 1. The number of methoxy groups -OCH3 is 2. The van der Waals surface area contributed by atoms with Crippen LogP contribution in [0.15, 0.2) is 60.7 Å². The largest absolute Gasteiger partial charge is 0.507 e. The number of amides is 1. The predicted octanol–water partition coefficient (Wildman–Crippen LogP) is 4.03. The van der Waals surface area contributed by atoms with Crippen molar-refractivity contribution in [2.24, 2.45) is 0 Å². The lowest BCUT2D eigenvalue weighted by atomic mass is 9.95. The van der Waals surface area contributed by atoms with Crippen molar-refractivity contribution in [3.8, 4) is 17.2 Å². The van der Waals surface area contributed by atoms with Crippen LogP contribution in [0.5, 0.6) is 17.2 Å². The van der Waals surface area contributed by atoms with Gasteiger partial charge in [-0.2, -0.15) is 0 Å². The molecule has 2 aromatic carbocycles. The number of likely N-dealkylation sites (tertiary alicyclic amines) is 1. The second-order valence-electron chi connectivity index (χ2n) is 8.26. The highest BCUT2D eigenvalue weighted by molar-refractivity contribution is 6.46. The summed E-state index contributed by atoms with van der Waals surface area (Å²) in [5, 5.41) is 11.3. The molecule has 1 saturated heterocycles. The zero-order valence-electron chi connectivity index (χ0n) is 21.3. The maximum atomic E-state index is 13.3. The Morgan fingerprint density at radius 3 is 2.31 bits per heavy atom. The van der Waals surface area contributed by atoms with Crippen LogP contribution in [-0.4, -0.2) is 73.6 Å². The molecule has 1 amide bonds. The number of rotatable bonds is 12. The Balaban J connectivity index is 2.10. The summed E-state index contributed by atoms with van der Waals surface area (Å²) >= 11 is 0. The standard InChI is InChI=1S/C28H34N2O6/c1-6-17-36-21-12-9-19(10-13-21)26(31)24-25(20-11-14-22(34-4)23(18-20)35-5)30(28(33)27(24)32)16-15-29(7-2)8-3/h6,9-14,18,25,31H,1,7-8,15-17H2,2-5H3/t25-/m1/s1. The van der Waals surface area contributed by atoms with Gasteiger partial charge in [-0.25, -0.2) is 0 Å². The molecular formula is C28H34N2O6. The SMILES string of the molecule is C=CCOc1ccc(C(O)=C2C(=O)C(=O)N(CCN(CC)CC)[C@@H]2c2ccc(OC)c(OC)c2)cc1. The second-order valence-corrected chi connectivity index (χ2v) is 8.26. The summed E-state index contributed by atoms with van der Waals surface area (Å²) in [6, 6.07) is 11.2. The van der Waals surface area contributed by atoms with Crippen molar-refractivity contribution in [1.29, 1.82) is 0 Å². The predicted molar refractivity (Wildman–Crippen MR) is 138 cm³/mol. The van der Waals surface area contributed by atoms with Crippen LogP contribution in [0, 0.1) is 0 Å². The minimum absolute atomic E-state index is 0.0338. The molecule has 2 aromatic rings. The van der Waals surface area contributed by atoms with Gasteiger partial charge in [0.15, 0.2) is 11.5 Å². The first-order valence-electron chi connectivity index (χ1n) is 12.0. The first-order valence-corrected chi connectivity index (χ1v) is 12.0. The number of Topliss-reactive ketones (excluding diaryl/α,β-unsaturated/α-hetero) is 1. The maximum Gasteiger partial charge on any atom is 0.295 e. The normalized spacial score (nSPS) is 16.9. The van der Waals surface area contributed by atoms with Gasteiger partial charge >= 0.3 is 0 Å². The molecule has 0 unspecified atom stereocenters. The van der Waals surface area contributed by atoms with Crippen molar-refractivity contribution in [1.82, 2.24) is 9.80 Å². The van der Waals surface area contributed by atoms with Crippen LogP contribution in [0.2, 0.25) is 0 Å². The van der Waals surface area contributed by atoms with Crippen LogP contribution in [0.25, 0.3) is 5.76 Å². The third-order valence-electron chi connectivity index (χ3n) is 6.31. The van der Waals surface area contributed by atoms with Crippen molar-refractivity contribution < 1.29 is 28.9 Å². The van der Waals surface area contributed by atoms with Crippen molar-refractivity contribution >= 4 is 17.4 Å². The molecule has 1 aliphatic heterocycles. The molecule has 0 saturated carbocycles. The molecule has 0 aliphatic carbocycles. The quantitative estimate of drug-likeness (QED) is 0.206. The topological polar surface area (TPSA) is 88.5 Å². The van der Waals surface area contributed by atoms with Gasteiger partial charge in [-0.3, -0.25) is 9.59 Å². The molecule has 1 aliphatic rings. The highest BCUT2D eigenvalue weighted by Crippen LogP contribution is 2.42. The van der Waals surface area contributed by atoms with E-state index in [9.17, 15) is 14.7 Å². The first-order chi connectivity index (χ1) is 17.4. The minimum Gasteiger partial charge on any atom is -0.507 e. The molecule has 0 bridgehead atoms. The van der Waals surface area contributed by atoms with E-state index in [4.69, 9.17) is 14.2 Å². The molecule has 3 rings (SSSR count). The molecule has 0 aromatic heterocycles. The highest BCUT2D eigenvalue weighted by atomic mass is 16.5. The summed E-state index contributed by atoms with van der Waals surface area (Å²) in [4.78, 5) is 30.2. The number of ketones is 1. The Kier molecular flexibility index (Phi) is 9.13. The number of hydrogen-bond acceptors (Lipinski definition) is 7. The number of ether oxygens (including phenoxy) is 3. The van der Waals surface area contributed by atoms with E-state index in [1.165, 1.54) is 19.1 Å². The fraction of sp³-hybridized carbons (Fsp3) is 0.357. The molecular weight excluding hydrogens is 460 g/mol. The smallest absolute Gasteiger partial charge is 0.295 e. The van der Waals surface area contributed by atoms with Gasteiger partial charge in [-0.15, -0.1) is 0 Å². The maximum absolute atomic E-state index is 13.3. The number of aliphatic hydroxyl groups excluding tert-OH is 1. The van der Waals surface area contributed by atoms with E-state index in [2.05, 4.69) is 11.5 Å². The zero-order valence-corrected chi connectivity index (χ0v) is 21.3. The molecule has 1 fully saturated rings. The van der Waals surface area contributed by atoms with Gasteiger partial charge in [-0.05, 0) is 55.1 Å². The van der Waals surface area contributed by atoms with Crippen LogP contribution < -0.4 is 14.2 Å². The summed E-state index contributed by atoms with van der Waals surface area (Å²) in [5.41, 5.74) is 1.08. The third kappa shape index (κ3) is 5.54. The van der Waals surface area contributed by atoms with Gasteiger partial charge in [0.25, 0.3) is 11.7 Å². The summed E-state index contributed by atoms with van der Waals surface area (Å²) in [7, 11) is 3.06. The highest BCUT2D eigenvalue weighted by Gasteiger charge is 2.46. The average Bonchev–Trinajstić information content (AvgIpc) is 3.16. The van der Waals surface area contributed by atoms with Gasteiger partial charge in [0.1, 0.15) is 18.1 Å². The van der Waals surface area contributed by atoms with Crippen molar-refractivity contribution in [3.05, 3.63) is 71.8 Å². The van der Waals surface area contributed by atoms with E-state index in [0.717, 1.165) is 13.1 Å². The second kappa shape index (κ2) is 12.3. The number of hydrogen-bond donors (Lipinski definition) is 1. The fourth-order valence-electron chi connectivity index (χ4n) is 4.29. The van der Waals surface area contributed by atoms with E-state index < -0.39 is 17.7 Å². The van der Waals surface area contributed by atoms with E-state index in [0.29, 0.717) is 48.1 Å². The number of likely N-dealkylation sites (N-methyl/N-ethyl adjacent to an activating group) is 1. The van der Waals surface area contributed by atoms with Crippen molar-refractivity contribution in [2.45, 2.75) is 19.9 Å².